The number of nitrogens with zero attached hydrogens (tertiary/aromatic N) is 1. The van der Waals surface area contributed by atoms with Gasteiger partial charge in [0.05, 0.1) is 5.57 Å². The van der Waals surface area contributed by atoms with Crippen LogP contribution >= 0.6 is 11.6 Å². The predicted octanol–water partition coefficient (Wildman–Crippen LogP) is 3.36. The van der Waals surface area contributed by atoms with E-state index >= 15 is 0 Å². The Kier molecular flexibility index (Phi) is 3.23. The van der Waals surface area contributed by atoms with Crippen LogP contribution in [0.1, 0.15) is 25.3 Å². The summed E-state index contributed by atoms with van der Waals surface area (Å²) in [7, 11) is 0. The van der Waals surface area contributed by atoms with Crippen LogP contribution in [0.15, 0.2) is 24.4 Å². The zero-order chi connectivity index (χ0) is 13.4. The van der Waals surface area contributed by atoms with Crippen molar-refractivity contribution in [3.63, 3.8) is 0 Å². The van der Waals surface area contributed by atoms with Crippen LogP contribution < -0.4 is 5.32 Å². The number of benzene rings is 1. The Labute approximate surface area is 118 Å². The first-order valence-corrected chi connectivity index (χ1v) is 7.08. The molecule has 0 bridgehead atoms. The van der Waals surface area contributed by atoms with E-state index in [1.165, 1.54) is 12.8 Å². The van der Waals surface area contributed by atoms with Crippen LogP contribution in [-0.4, -0.2) is 23.9 Å². The maximum Gasteiger partial charge on any atom is 0.257 e. The fraction of sp³-hybridized carbons (Fsp3) is 0.400. The molecule has 1 amide bonds. The largest absolute Gasteiger partial charge is 0.376 e. The number of nitrogens with one attached hydrogen (secondary N) is 1. The summed E-state index contributed by atoms with van der Waals surface area (Å²) in [4.78, 5) is 14.3. The van der Waals surface area contributed by atoms with Gasteiger partial charge in [-0.2, -0.15) is 0 Å². The first-order chi connectivity index (χ1) is 9.13. The summed E-state index contributed by atoms with van der Waals surface area (Å²) in [6.07, 6.45) is 4.45. The van der Waals surface area contributed by atoms with Crippen molar-refractivity contribution in [2.45, 2.75) is 19.8 Å². The minimum atomic E-state index is -0.0320. The van der Waals surface area contributed by atoms with Gasteiger partial charge in [0, 0.05) is 35.6 Å². The maximum absolute atomic E-state index is 12.0. The van der Waals surface area contributed by atoms with Gasteiger partial charge >= 0.3 is 0 Å². The summed E-state index contributed by atoms with van der Waals surface area (Å²) in [5, 5.41) is 3.54. The van der Waals surface area contributed by atoms with E-state index in [4.69, 9.17) is 11.6 Å². The number of carbonyl (C=O) groups excluding carboxylic acids is 1. The van der Waals surface area contributed by atoms with Crippen molar-refractivity contribution >= 4 is 28.8 Å². The van der Waals surface area contributed by atoms with Crippen molar-refractivity contribution in [1.82, 2.24) is 4.90 Å². The normalized spacial score (nSPS) is 24.5. The minimum Gasteiger partial charge on any atom is -0.376 e. The Morgan fingerprint density at radius 1 is 1.47 bits per heavy atom. The third-order valence-electron chi connectivity index (χ3n) is 3.76. The standard InChI is InChI=1S/C15H17ClN2O/c1-10-3-2-6-18(8-10)9-13-12-7-11(16)4-5-14(12)17-15(13)19/h4-5,7,9-10H,2-3,6,8H2,1H3,(H,17,19)/b13-9+. The highest BCUT2D eigenvalue weighted by Gasteiger charge is 2.25. The molecule has 3 rings (SSSR count). The van der Waals surface area contributed by atoms with Crippen LogP contribution in [0, 0.1) is 5.92 Å². The van der Waals surface area contributed by atoms with Crippen LogP contribution in [0.4, 0.5) is 5.69 Å². The molecule has 2 heterocycles. The van der Waals surface area contributed by atoms with Crippen molar-refractivity contribution in [3.05, 3.63) is 35.0 Å². The molecule has 0 aliphatic carbocycles. The van der Waals surface area contributed by atoms with Crippen molar-refractivity contribution in [3.8, 4) is 0 Å². The molecule has 1 saturated heterocycles. The highest BCUT2D eigenvalue weighted by atomic mass is 35.5. The number of fused-ring (bicyclic) bond motifs is 1. The number of likely N-dealkylation sites (tertiary alicyclic amines) is 1. The topological polar surface area (TPSA) is 32.3 Å². The van der Waals surface area contributed by atoms with Gasteiger partial charge in [0.2, 0.25) is 0 Å². The van der Waals surface area contributed by atoms with Crippen LogP contribution in [0.2, 0.25) is 5.02 Å². The Hall–Kier alpha value is -1.48. The van der Waals surface area contributed by atoms with Gasteiger partial charge in [-0.3, -0.25) is 4.79 Å². The van der Waals surface area contributed by atoms with Crippen molar-refractivity contribution in [2.75, 3.05) is 18.4 Å². The lowest BCUT2D eigenvalue weighted by Crippen LogP contribution is -2.30. The quantitative estimate of drug-likeness (QED) is 0.798. The van der Waals surface area contributed by atoms with Crippen molar-refractivity contribution in [1.29, 1.82) is 0 Å². The number of hydrogen-bond donors (Lipinski definition) is 1. The zero-order valence-corrected chi connectivity index (χ0v) is 11.7. The molecule has 100 valence electrons. The van der Waals surface area contributed by atoms with Gasteiger partial charge in [0.25, 0.3) is 5.91 Å². The SMILES string of the molecule is CC1CCCN(/C=C2/C(=O)Nc3ccc(Cl)cc32)C1. The van der Waals surface area contributed by atoms with Crippen LogP contribution in [0.3, 0.4) is 0 Å². The number of rotatable bonds is 1. The molecule has 4 heteroatoms. The fourth-order valence-electron chi connectivity index (χ4n) is 2.81. The molecule has 1 aromatic rings. The molecule has 0 aromatic heterocycles. The number of piperidine rings is 1. The number of halogens is 1. The van der Waals surface area contributed by atoms with Gasteiger partial charge in [0.1, 0.15) is 0 Å². The molecule has 1 unspecified atom stereocenters. The highest BCUT2D eigenvalue weighted by molar-refractivity contribution is 6.34. The molecule has 3 nitrogen and oxygen atoms in total. The molecule has 1 atom stereocenters. The highest BCUT2D eigenvalue weighted by Crippen LogP contribution is 2.34. The van der Waals surface area contributed by atoms with Gasteiger partial charge in [-0.1, -0.05) is 18.5 Å². The molecule has 2 aliphatic heterocycles. The van der Waals surface area contributed by atoms with E-state index in [1.54, 1.807) is 6.07 Å². The molecular formula is C15H17ClN2O. The van der Waals surface area contributed by atoms with E-state index < -0.39 is 0 Å². The van der Waals surface area contributed by atoms with E-state index in [0.29, 0.717) is 10.9 Å². The Morgan fingerprint density at radius 2 is 2.32 bits per heavy atom. The summed E-state index contributed by atoms with van der Waals surface area (Å²) in [6, 6.07) is 5.51. The number of amides is 1. The lowest BCUT2D eigenvalue weighted by atomic mass is 10.00. The van der Waals surface area contributed by atoms with E-state index in [1.807, 2.05) is 18.3 Å². The van der Waals surface area contributed by atoms with Crippen LogP contribution in [0.5, 0.6) is 0 Å². The number of hydrogen-bond acceptors (Lipinski definition) is 2. The van der Waals surface area contributed by atoms with E-state index in [9.17, 15) is 4.79 Å². The van der Waals surface area contributed by atoms with Crippen molar-refractivity contribution in [2.24, 2.45) is 5.92 Å². The summed E-state index contributed by atoms with van der Waals surface area (Å²) in [5.74, 6) is 0.657. The van der Waals surface area contributed by atoms with Gasteiger partial charge < -0.3 is 10.2 Å². The molecule has 19 heavy (non-hydrogen) atoms. The number of anilines is 1. The molecule has 0 spiro atoms. The zero-order valence-electron chi connectivity index (χ0n) is 10.9. The summed E-state index contributed by atoms with van der Waals surface area (Å²) in [5.41, 5.74) is 2.49. The summed E-state index contributed by atoms with van der Waals surface area (Å²) < 4.78 is 0. The molecule has 1 N–H and O–H groups in total. The van der Waals surface area contributed by atoms with Crippen LogP contribution in [0.25, 0.3) is 5.57 Å². The molecule has 0 radical (unpaired) electrons. The van der Waals surface area contributed by atoms with Gasteiger partial charge in [0.15, 0.2) is 0 Å². The third-order valence-corrected chi connectivity index (χ3v) is 4.00. The lowest BCUT2D eigenvalue weighted by molar-refractivity contribution is -0.110. The van der Waals surface area contributed by atoms with Crippen molar-refractivity contribution < 1.29 is 4.79 Å². The summed E-state index contributed by atoms with van der Waals surface area (Å²) >= 11 is 6.02. The fourth-order valence-corrected chi connectivity index (χ4v) is 2.99. The van der Waals surface area contributed by atoms with E-state index in [0.717, 1.165) is 29.9 Å². The Bertz CT molecular complexity index is 553. The van der Waals surface area contributed by atoms with Gasteiger partial charge in [-0.15, -0.1) is 0 Å². The molecule has 1 aromatic carbocycles. The number of carbonyl (C=O) groups is 1. The smallest absolute Gasteiger partial charge is 0.257 e. The third kappa shape index (κ3) is 2.47. The van der Waals surface area contributed by atoms with E-state index in [2.05, 4.69) is 17.1 Å². The molecular weight excluding hydrogens is 260 g/mol. The lowest BCUT2D eigenvalue weighted by Gasteiger charge is -2.30. The van der Waals surface area contributed by atoms with Gasteiger partial charge in [-0.25, -0.2) is 0 Å². The average Bonchev–Trinajstić information content (AvgIpc) is 2.66. The molecule has 0 saturated carbocycles. The molecule has 2 aliphatic rings. The summed E-state index contributed by atoms with van der Waals surface area (Å²) in [6.45, 7) is 4.30. The first-order valence-electron chi connectivity index (χ1n) is 6.70. The Morgan fingerprint density at radius 3 is 3.11 bits per heavy atom. The second-order valence-electron chi connectivity index (χ2n) is 5.43. The first kappa shape index (κ1) is 12.5. The van der Waals surface area contributed by atoms with Crippen LogP contribution in [-0.2, 0) is 4.79 Å². The van der Waals surface area contributed by atoms with Gasteiger partial charge in [-0.05, 0) is 37.0 Å². The Balaban J connectivity index is 1.92. The monoisotopic (exact) mass is 276 g/mol. The second-order valence-corrected chi connectivity index (χ2v) is 5.87. The minimum absolute atomic E-state index is 0.0320. The maximum atomic E-state index is 12.0. The average molecular weight is 277 g/mol. The molecule has 1 fully saturated rings. The van der Waals surface area contributed by atoms with E-state index in [-0.39, 0.29) is 5.91 Å². The predicted molar refractivity (Wildman–Crippen MR) is 78.0 cm³/mol. The second kappa shape index (κ2) is 4.89.